The fraction of sp³-hybridized carbons (Fsp3) is 0.538. The van der Waals surface area contributed by atoms with Crippen molar-refractivity contribution in [2.45, 2.75) is 26.7 Å². The van der Waals surface area contributed by atoms with Crippen molar-refractivity contribution in [2.24, 2.45) is 5.41 Å². The Balaban J connectivity index is 2.75. The van der Waals surface area contributed by atoms with E-state index < -0.39 is 0 Å². The zero-order valence-corrected chi connectivity index (χ0v) is 10.5. The Bertz CT molecular complexity index is 356. The standard InChI is InChI=1S/C13H21FN2O/c1-3-13(4-2,9-17)8-16-12-7-10(14)5-6-11(12)15/h5-7,16-17H,3-4,8-9,15H2,1-2H3. The summed E-state index contributed by atoms with van der Waals surface area (Å²) in [4.78, 5) is 0. The van der Waals surface area contributed by atoms with Crippen LogP contribution in [0.25, 0.3) is 0 Å². The van der Waals surface area contributed by atoms with E-state index in [0.717, 1.165) is 12.8 Å². The molecule has 0 bridgehead atoms. The fourth-order valence-corrected chi connectivity index (χ4v) is 1.74. The van der Waals surface area contributed by atoms with Crippen molar-refractivity contribution < 1.29 is 9.50 Å². The Morgan fingerprint density at radius 2 is 2.00 bits per heavy atom. The topological polar surface area (TPSA) is 58.3 Å². The molecule has 0 aliphatic heterocycles. The molecule has 0 radical (unpaired) electrons. The predicted octanol–water partition coefficient (Wildman–Crippen LogP) is 2.62. The number of aliphatic hydroxyl groups is 1. The minimum absolute atomic E-state index is 0.113. The quantitative estimate of drug-likeness (QED) is 0.670. The minimum Gasteiger partial charge on any atom is -0.397 e. The lowest BCUT2D eigenvalue weighted by atomic mass is 9.83. The van der Waals surface area contributed by atoms with E-state index in [9.17, 15) is 9.50 Å². The third-order valence-electron chi connectivity index (χ3n) is 3.50. The summed E-state index contributed by atoms with van der Waals surface area (Å²) < 4.78 is 13.1. The van der Waals surface area contributed by atoms with Gasteiger partial charge in [0.25, 0.3) is 0 Å². The number of halogens is 1. The van der Waals surface area contributed by atoms with E-state index in [4.69, 9.17) is 5.73 Å². The molecular weight excluding hydrogens is 219 g/mol. The summed E-state index contributed by atoms with van der Waals surface area (Å²) in [6.07, 6.45) is 1.73. The molecule has 4 heteroatoms. The van der Waals surface area contributed by atoms with Crippen LogP contribution in [0.1, 0.15) is 26.7 Å². The van der Waals surface area contributed by atoms with Crippen molar-refractivity contribution in [1.29, 1.82) is 0 Å². The molecule has 0 amide bonds. The van der Waals surface area contributed by atoms with Gasteiger partial charge in [-0.1, -0.05) is 13.8 Å². The van der Waals surface area contributed by atoms with Crippen LogP contribution in [0.15, 0.2) is 18.2 Å². The zero-order valence-electron chi connectivity index (χ0n) is 10.5. The van der Waals surface area contributed by atoms with Crippen molar-refractivity contribution in [2.75, 3.05) is 24.2 Å². The fourth-order valence-electron chi connectivity index (χ4n) is 1.74. The normalized spacial score (nSPS) is 11.5. The molecule has 0 aromatic heterocycles. The van der Waals surface area contributed by atoms with E-state index in [2.05, 4.69) is 5.32 Å². The lowest BCUT2D eigenvalue weighted by Gasteiger charge is -2.30. The van der Waals surface area contributed by atoms with Gasteiger partial charge in [0.2, 0.25) is 0 Å². The summed E-state index contributed by atoms with van der Waals surface area (Å²) in [5.74, 6) is -0.315. The maximum atomic E-state index is 13.1. The molecule has 96 valence electrons. The van der Waals surface area contributed by atoms with Gasteiger partial charge in [-0.2, -0.15) is 0 Å². The first-order valence-electron chi connectivity index (χ1n) is 5.96. The molecule has 3 nitrogen and oxygen atoms in total. The van der Waals surface area contributed by atoms with Crippen LogP contribution in [-0.4, -0.2) is 18.3 Å². The van der Waals surface area contributed by atoms with E-state index in [1.54, 1.807) is 0 Å². The summed E-state index contributed by atoms with van der Waals surface area (Å²) in [7, 11) is 0. The van der Waals surface area contributed by atoms with Gasteiger partial charge < -0.3 is 16.2 Å². The molecule has 17 heavy (non-hydrogen) atoms. The number of nitrogens with two attached hydrogens (primary N) is 1. The second-order valence-corrected chi connectivity index (χ2v) is 4.45. The Kier molecular flexibility index (Phi) is 4.75. The van der Waals surface area contributed by atoms with Crippen LogP contribution in [0.4, 0.5) is 15.8 Å². The van der Waals surface area contributed by atoms with Crippen molar-refractivity contribution in [3.63, 3.8) is 0 Å². The van der Waals surface area contributed by atoms with Gasteiger partial charge in [0.1, 0.15) is 5.82 Å². The highest BCUT2D eigenvalue weighted by atomic mass is 19.1. The van der Waals surface area contributed by atoms with Crippen LogP contribution < -0.4 is 11.1 Å². The van der Waals surface area contributed by atoms with Crippen molar-refractivity contribution in [1.82, 2.24) is 0 Å². The number of aliphatic hydroxyl groups excluding tert-OH is 1. The predicted molar refractivity (Wildman–Crippen MR) is 69.4 cm³/mol. The molecule has 1 aromatic carbocycles. The first-order chi connectivity index (χ1) is 8.06. The van der Waals surface area contributed by atoms with Crippen molar-refractivity contribution in [3.05, 3.63) is 24.0 Å². The lowest BCUT2D eigenvalue weighted by molar-refractivity contribution is 0.127. The first kappa shape index (κ1) is 13.8. The van der Waals surface area contributed by atoms with Crippen LogP contribution in [0, 0.1) is 11.2 Å². The van der Waals surface area contributed by atoms with Gasteiger partial charge in [-0.15, -0.1) is 0 Å². The molecule has 0 heterocycles. The maximum Gasteiger partial charge on any atom is 0.125 e. The molecular formula is C13H21FN2O. The molecule has 0 aliphatic rings. The molecule has 0 aliphatic carbocycles. The molecule has 0 fully saturated rings. The number of anilines is 2. The number of nitrogens with one attached hydrogen (secondary N) is 1. The van der Waals surface area contributed by atoms with E-state index in [0.29, 0.717) is 17.9 Å². The summed E-state index contributed by atoms with van der Waals surface area (Å²) in [5.41, 5.74) is 6.69. The SMILES string of the molecule is CCC(CC)(CO)CNc1cc(F)ccc1N. The van der Waals surface area contributed by atoms with Crippen LogP contribution in [0.5, 0.6) is 0 Å². The Morgan fingerprint density at radius 3 is 2.53 bits per heavy atom. The second kappa shape index (κ2) is 5.87. The summed E-state index contributed by atoms with van der Waals surface area (Å²) in [5, 5.41) is 12.6. The smallest absolute Gasteiger partial charge is 0.125 e. The van der Waals surface area contributed by atoms with Crippen LogP contribution in [0.3, 0.4) is 0 Å². The average Bonchev–Trinajstić information content (AvgIpc) is 2.35. The van der Waals surface area contributed by atoms with E-state index in [1.807, 2.05) is 13.8 Å². The monoisotopic (exact) mass is 240 g/mol. The van der Waals surface area contributed by atoms with Gasteiger partial charge in [-0.05, 0) is 31.0 Å². The zero-order chi connectivity index (χ0) is 12.9. The summed E-state index contributed by atoms with van der Waals surface area (Å²) in [6.45, 7) is 4.78. The number of hydrogen-bond acceptors (Lipinski definition) is 3. The third-order valence-corrected chi connectivity index (χ3v) is 3.50. The highest BCUT2D eigenvalue weighted by molar-refractivity contribution is 5.65. The number of rotatable bonds is 6. The average molecular weight is 240 g/mol. The molecule has 1 rings (SSSR count). The highest BCUT2D eigenvalue weighted by Crippen LogP contribution is 2.27. The van der Waals surface area contributed by atoms with Gasteiger partial charge >= 0.3 is 0 Å². The molecule has 4 N–H and O–H groups in total. The van der Waals surface area contributed by atoms with Crippen molar-refractivity contribution >= 4 is 11.4 Å². The first-order valence-corrected chi connectivity index (χ1v) is 5.96. The summed E-state index contributed by atoms with van der Waals surface area (Å²) in [6, 6.07) is 4.25. The van der Waals surface area contributed by atoms with Gasteiger partial charge in [-0.25, -0.2) is 4.39 Å². The van der Waals surface area contributed by atoms with E-state index >= 15 is 0 Å². The summed E-state index contributed by atoms with van der Waals surface area (Å²) >= 11 is 0. The van der Waals surface area contributed by atoms with Crippen LogP contribution in [0.2, 0.25) is 0 Å². The molecule has 0 atom stereocenters. The second-order valence-electron chi connectivity index (χ2n) is 4.45. The molecule has 0 saturated heterocycles. The molecule has 0 spiro atoms. The number of hydrogen-bond donors (Lipinski definition) is 3. The molecule has 1 aromatic rings. The number of benzene rings is 1. The minimum atomic E-state index is -0.315. The highest BCUT2D eigenvalue weighted by Gasteiger charge is 2.25. The lowest BCUT2D eigenvalue weighted by Crippen LogP contribution is -2.32. The molecule has 0 unspecified atom stereocenters. The van der Waals surface area contributed by atoms with Crippen LogP contribution >= 0.6 is 0 Å². The van der Waals surface area contributed by atoms with Gasteiger partial charge in [0.05, 0.1) is 18.0 Å². The van der Waals surface area contributed by atoms with Crippen molar-refractivity contribution in [3.8, 4) is 0 Å². The Labute approximate surface area is 102 Å². The maximum absolute atomic E-state index is 13.1. The van der Waals surface area contributed by atoms with Gasteiger partial charge in [-0.3, -0.25) is 0 Å². The largest absolute Gasteiger partial charge is 0.397 e. The van der Waals surface area contributed by atoms with Gasteiger partial charge in [0.15, 0.2) is 0 Å². The third kappa shape index (κ3) is 3.33. The van der Waals surface area contributed by atoms with E-state index in [-0.39, 0.29) is 17.8 Å². The Morgan fingerprint density at radius 1 is 1.35 bits per heavy atom. The number of nitrogen functional groups attached to an aromatic ring is 1. The Hall–Kier alpha value is -1.29. The van der Waals surface area contributed by atoms with Crippen LogP contribution in [-0.2, 0) is 0 Å². The van der Waals surface area contributed by atoms with E-state index in [1.165, 1.54) is 18.2 Å². The molecule has 0 saturated carbocycles. The van der Waals surface area contributed by atoms with Gasteiger partial charge in [0, 0.05) is 12.0 Å².